The van der Waals surface area contributed by atoms with E-state index in [1.54, 1.807) is 31.4 Å². The Labute approximate surface area is 230 Å². The highest BCUT2D eigenvalue weighted by molar-refractivity contribution is 5.90. The first kappa shape index (κ1) is 25.2. The Morgan fingerprint density at radius 1 is 0.925 bits per heavy atom. The van der Waals surface area contributed by atoms with Gasteiger partial charge in [-0.2, -0.15) is 0 Å². The van der Waals surface area contributed by atoms with Gasteiger partial charge in [-0.3, -0.25) is 9.59 Å². The molecule has 0 fully saturated rings. The second-order valence-corrected chi connectivity index (χ2v) is 9.57. The van der Waals surface area contributed by atoms with Crippen molar-refractivity contribution in [2.45, 2.75) is 18.8 Å². The van der Waals surface area contributed by atoms with Crippen molar-refractivity contribution in [2.24, 2.45) is 0 Å². The first-order valence-electron chi connectivity index (χ1n) is 13.0. The largest absolute Gasteiger partial charge is 0.508 e. The molecule has 4 aromatic carbocycles. The number of benzene rings is 4. The van der Waals surface area contributed by atoms with Crippen LogP contribution in [0.2, 0.25) is 0 Å². The fourth-order valence-electron chi connectivity index (χ4n) is 5.20. The maximum atomic E-state index is 13.6. The van der Waals surface area contributed by atoms with Gasteiger partial charge in [0.2, 0.25) is 5.43 Å². The van der Waals surface area contributed by atoms with Gasteiger partial charge in [0.1, 0.15) is 23.3 Å². The van der Waals surface area contributed by atoms with Gasteiger partial charge in [0.05, 0.1) is 31.1 Å². The minimum absolute atomic E-state index is 0.0394. The Morgan fingerprint density at radius 2 is 1.73 bits per heavy atom. The van der Waals surface area contributed by atoms with Gasteiger partial charge < -0.3 is 23.7 Å². The molecule has 1 unspecified atom stereocenters. The third-order valence-electron chi connectivity index (χ3n) is 7.15. The van der Waals surface area contributed by atoms with Crippen LogP contribution in [0.1, 0.15) is 29.0 Å². The number of fused-ring (bicyclic) bond motifs is 3. The summed E-state index contributed by atoms with van der Waals surface area (Å²) in [6, 6.07) is 25.2. The molecule has 2 heterocycles. The van der Waals surface area contributed by atoms with Gasteiger partial charge in [0.15, 0.2) is 11.5 Å². The molecule has 40 heavy (non-hydrogen) atoms. The Balaban J connectivity index is 1.45. The fraction of sp³-hybridized carbons (Fsp3) is 0.152. The van der Waals surface area contributed by atoms with E-state index in [2.05, 4.69) is 0 Å². The molecule has 0 radical (unpaired) electrons. The lowest BCUT2D eigenvalue weighted by Gasteiger charge is -2.27. The minimum atomic E-state index is -0.496. The zero-order valence-electron chi connectivity index (χ0n) is 21.8. The molecule has 200 valence electrons. The number of esters is 1. The van der Waals surface area contributed by atoms with E-state index in [9.17, 15) is 14.7 Å². The van der Waals surface area contributed by atoms with Gasteiger partial charge in [0, 0.05) is 23.5 Å². The highest BCUT2D eigenvalue weighted by Crippen LogP contribution is 2.47. The van der Waals surface area contributed by atoms with Crippen molar-refractivity contribution in [2.75, 3.05) is 13.7 Å². The number of phenols is 1. The molecule has 0 spiro atoms. The molecule has 1 N–H and O–H groups in total. The van der Waals surface area contributed by atoms with Gasteiger partial charge >= 0.3 is 5.97 Å². The van der Waals surface area contributed by atoms with E-state index >= 15 is 0 Å². The molecule has 1 aliphatic rings. The predicted octanol–water partition coefficient (Wildman–Crippen LogP) is 6.24. The van der Waals surface area contributed by atoms with Crippen molar-refractivity contribution in [3.8, 4) is 34.1 Å². The summed E-state index contributed by atoms with van der Waals surface area (Å²) in [5.41, 5.74) is 3.59. The van der Waals surface area contributed by atoms with Crippen LogP contribution < -0.4 is 19.6 Å². The second kappa shape index (κ2) is 10.6. The second-order valence-electron chi connectivity index (χ2n) is 9.57. The standard InChI is InChI=1S/C33H26O7/c1-37-28-9-5-8-23(32(28)38-17-16-20-6-3-2-4-7-20)25-18-29(35)40-27-15-14-24-31(36)26(19-39-33(24)30(25)27)21-10-12-22(34)13-11-21/h2-15,19,25,34H,16-18H2,1H3. The monoisotopic (exact) mass is 534 g/mol. The molecule has 5 aromatic rings. The first-order chi connectivity index (χ1) is 19.5. The highest BCUT2D eigenvalue weighted by atomic mass is 16.5. The summed E-state index contributed by atoms with van der Waals surface area (Å²) in [4.78, 5) is 26.3. The summed E-state index contributed by atoms with van der Waals surface area (Å²) >= 11 is 0. The first-order valence-corrected chi connectivity index (χ1v) is 13.0. The van der Waals surface area contributed by atoms with Gasteiger partial charge in [-0.05, 0) is 41.5 Å². The molecule has 1 aromatic heterocycles. The van der Waals surface area contributed by atoms with Crippen LogP contribution in [-0.4, -0.2) is 24.8 Å². The number of ether oxygens (including phenoxy) is 3. The lowest BCUT2D eigenvalue weighted by Crippen LogP contribution is -2.22. The zero-order chi connectivity index (χ0) is 27.6. The lowest BCUT2D eigenvalue weighted by molar-refractivity contribution is -0.135. The smallest absolute Gasteiger partial charge is 0.312 e. The van der Waals surface area contributed by atoms with Crippen molar-refractivity contribution in [3.05, 3.63) is 118 Å². The molecule has 1 aliphatic heterocycles. The molecule has 7 nitrogen and oxygen atoms in total. The van der Waals surface area contributed by atoms with Crippen LogP contribution in [0.5, 0.6) is 23.0 Å². The van der Waals surface area contributed by atoms with Crippen molar-refractivity contribution < 1.29 is 28.5 Å². The zero-order valence-corrected chi connectivity index (χ0v) is 21.8. The summed E-state index contributed by atoms with van der Waals surface area (Å²) in [6.45, 7) is 0.405. The maximum absolute atomic E-state index is 13.6. The molecule has 0 saturated carbocycles. The van der Waals surface area contributed by atoms with Crippen LogP contribution >= 0.6 is 0 Å². The molecule has 0 saturated heterocycles. The number of methoxy groups -OCH3 is 1. The SMILES string of the molecule is COc1cccc(C2CC(=O)Oc3ccc4c(=O)c(-c5ccc(O)cc5)coc4c32)c1OCCc1ccccc1. The van der Waals surface area contributed by atoms with Crippen LogP contribution in [-0.2, 0) is 11.2 Å². The number of rotatable bonds is 7. The van der Waals surface area contributed by atoms with E-state index in [0.717, 1.165) is 11.1 Å². The van der Waals surface area contributed by atoms with Crippen molar-refractivity contribution in [3.63, 3.8) is 0 Å². The van der Waals surface area contributed by atoms with E-state index in [1.807, 2.05) is 48.5 Å². The Bertz CT molecular complexity index is 1750. The van der Waals surface area contributed by atoms with E-state index in [4.69, 9.17) is 18.6 Å². The Kier molecular flexibility index (Phi) is 6.70. The molecular formula is C33H26O7. The van der Waals surface area contributed by atoms with Gasteiger partial charge in [0.25, 0.3) is 0 Å². The highest BCUT2D eigenvalue weighted by Gasteiger charge is 2.34. The van der Waals surface area contributed by atoms with Crippen molar-refractivity contribution >= 4 is 16.9 Å². The third kappa shape index (κ3) is 4.66. The molecular weight excluding hydrogens is 508 g/mol. The van der Waals surface area contributed by atoms with Gasteiger partial charge in [-0.15, -0.1) is 0 Å². The number of hydrogen-bond acceptors (Lipinski definition) is 7. The summed E-state index contributed by atoms with van der Waals surface area (Å²) in [6.07, 6.45) is 2.14. The lowest BCUT2D eigenvalue weighted by atomic mass is 9.84. The van der Waals surface area contributed by atoms with Crippen LogP contribution in [0.15, 0.2) is 100 Å². The average Bonchev–Trinajstić information content (AvgIpc) is 2.98. The fourth-order valence-corrected chi connectivity index (χ4v) is 5.20. The summed E-state index contributed by atoms with van der Waals surface area (Å²) in [5, 5.41) is 10.0. The number of phenolic OH excluding ortho intramolecular Hbond substituents is 1. The molecule has 0 aliphatic carbocycles. The van der Waals surface area contributed by atoms with E-state index in [0.29, 0.717) is 57.9 Å². The summed E-state index contributed by atoms with van der Waals surface area (Å²) in [5.74, 6) is 0.636. The number of aromatic hydroxyl groups is 1. The van der Waals surface area contributed by atoms with E-state index in [1.165, 1.54) is 18.4 Å². The quantitative estimate of drug-likeness (QED) is 0.195. The Hall–Kier alpha value is -5.04. The molecule has 7 heteroatoms. The minimum Gasteiger partial charge on any atom is -0.508 e. The number of hydrogen-bond donors (Lipinski definition) is 1. The van der Waals surface area contributed by atoms with Gasteiger partial charge in [-0.1, -0.05) is 54.6 Å². The van der Waals surface area contributed by atoms with Crippen LogP contribution in [0.3, 0.4) is 0 Å². The molecule has 0 amide bonds. The summed E-state index contributed by atoms with van der Waals surface area (Å²) < 4.78 is 23.6. The van der Waals surface area contributed by atoms with E-state index < -0.39 is 11.9 Å². The molecule has 0 bridgehead atoms. The number of para-hydroxylation sites is 1. The van der Waals surface area contributed by atoms with Gasteiger partial charge in [-0.25, -0.2) is 0 Å². The molecule has 1 atom stereocenters. The number of carbonyl (C=O) groups is 1. The van der Waals surface area contributed by atoms with Crippen LogP contribution in [0.4, 0.5) is 0 Å². The predicted molar refractivity (Wildman–Crippen MR) is 150 cm³/mol. The normalized spacial score (nSPS) is 14.4. The maximum Gasteiger partial charge on any atom is 0.312 e. The van der Waals surface area contributed by atoms with Crippen LogP contribution in [0.25, 0.3) is 22.1 Å². The average molecular weight is 535 g/mol. The number of carbonyl (C=O) groups excluding carboxylic acids is 1. The third-order valence-corrected chi connectivity index (χ3v) is 7.15. The summed E-state index contributed by atoms with van der Waals surface area (Å²) in [7, 11) is 1.57. The van der Waals surface area contributed by atoms with Crippen molar-refractivity contribution in [1.82, 2.24) is 0 Å². The van der Waals surface area contributed by atoms with Crippen molar-refractivity contribution in [1.29, 1.82) is 0 Å². The topological polar surface area (TPSA) is 95.2 Å². The Morgan fingerprint density at radius 3 is 2.50 bits per heavy atom. The van der Waals surface area contributed by atoms with E-state index in [-0.39, 0.29) is 17.6 Å². The molecule has 6 rings (SSSR count). The van der Waals surface area contributed by atoms with Crippen LogP contribution in [0, 0.1) is 0 Å².